The van der Waals surface area contributed by atoms with Crippen LogP contribution >= 0.6 is 0 Å². The number of rotatable bonds is 8. The van der Waals surface area contributed by atoms with E-state index in [-0.39, 0.29) is 5.97 Å². The van der Waals surface area contributed by atoms with Gasteiger partial charge in [0.1, 0.15) is 5.76 Å². The first-order valence-electron chi connectivity index (χ1n) is 8.48. The number of aromatic nitrogens is 1. The number of hydrogen-bond acceptors (Lipinski definition) is 5. The lowest BCUT2D eigenvalue weighted by molar-refractivity contribution is -0.143. The van der Waals surface area contributed by atoms with Crippen molar-refractivity contribution in [2.75, 3.05) is 13.2 Å². The number of carbonyl (C=O) groups excluding carboxylic acids is 1. The van der Waals surface area contributed by atoms with Gasteiger partial charge in [0.05, 0.1) is 31.4 Å². The number of ether oxygens (including phenoxy) is 1. The fourth-order valence-electron chi connectivity index (χ4n) is 2.78. The Balaban J connectivity index is 1.71. The summed E-state index contributed by atoms with van der Waals surface area (Å²) in [7, 11) is 0. The van der Waals surface area contributed by atoms with Crippen LogP contribution in [-0.4, -0.2) is 29.0 Å². The fourth-order valence-corrected chi connectivity index (χ4v) is 2.78. The van der Waals surface area contributed by atoms with Crippen molar-refractivity contribution < 1.29 is 13.9 Å². The monoisotopic (exact) mass is 338 g/mol. The first-order valence-corrected chi connectivity index (χ1v) is 8.48. The molecule has 1 aromatic carbocycles. The maximum atomic E-state index is 11.7. The van der Waals surface area contributed by atoms with Crippen molar-refractivity contribution in [1.82, 2.24) is 9.88 Å². The fraction of sp³-hybridized carbons (Fsp3) is 0.300. The molecular formula is C20H22N2O3. The second kappa shape index (κ2) is 8.44. The van der Waals surface area contributed by atoms with Crippen molar-refractivity contribution in [3.05, 3.63) is 66.2 Å². The zero-order valence-corrected chi connectivity index (χ0v) is 14.4. The Labute approximate surface area is 147 Å². The Kier molecular flexibility index (Phi) is 5.80. The van der Waals surface area contributed by atoms with Gasteiger partial charge in [0, 0.05) is 24.7 Å². The Bertz CT molecular complexity index is 815. The molecule has 0 radical (unpaired) electrons. The van der Waals surface area contributed by atoms with Crippen LogP contribution in [-0.2, 0) is 22.6 Å². The highest BCUT2D eigenvalue weighted by Crippen LogP contribution is 2.16. The van der Waals surface area contributed by atoms with E-state index < -0.39 is 0 Å². The van der Waals surface area contributed by atoms with Crippen molar-refractivity contribution in [1.29, 1.82) is 0 Å². The first-order chi connectivity index (χ1) is 12.2. The summed E-state index contributed by atoms with van der Waals surface area (Å²) in [6.07, 6.45) is 3.91. The molecule has 3 rings (SSSR count). The molecular weight excluding hydrogens is 316 g/mol. The molecule has 2 aromatic heterocycles. The van der Waals surface area contributed by atoms with E-state index in [1.165, 1.54) is 0 Å². The molecule has 0 spiro atoms. The Morgan fingerprint density at radius 2 is 2.08 bits per heavy atom. The van der Waals surface area contributed by atoms with Crippen LogP contribution in [0.4, 0.5) is 0 Å². The van der Waals surface area contributed by atoms with Crippen LogP contribution < -0.4 is 0 Å². The van der Waals surface area contributed by atoms with Crippen molar-refractivity contribution in [3.8, 4) is 0 Å². The van der Waals surface area contributed by atoms with E-state index >= 15 is 0 Å². The summed E-state index contributed by atoms with van der Waals surface area (Å²) >= 11 is 0. The summed E-state index contributed by atoms with van der Waals surface area (Å²) in [5.74, 6) is 0.696. The largest absolute Gasteiger partial charge is 0.468 e. The molecule has 0 aliphatic heterocycles. The van der Waals surface area contributed by atoms with Crippen LogP contribution in [0.25, 0.3) is 10.9 Å². The second-order valence-electron chi connectivity index (χ2n) is 5.88. The normalized spacial score (nSPS) is 11.1. The van der Waals surface area contributed by atoms with E-state index in [0.717, 1.165) is 22.2 Å². The molecule has 0 aliphatic rings. The number of hydrogen-bond donors (Lipinski definition) is 0. The van der Waals surface area contributed by atoms with Crippen LogP contribution in [0, 0.1) is 0 Å². The highest BCUT2D eigenvalue weighted by atomic mass is 16.5. The molecule has 130 valence electrons. The zero-order valence-electron chi connectivity index (χ0n) is 14.4. The molecule has 5 heteroatoms. The van der Waals surface area contributed by atoms with Gasteiger partial charge in [-0.25, -0.2) is 0 Å². The van der Waals surface area contributed by atoms with Gasteiger partial charge in [0.25, 0.3) is 0 Å². The van der Waals surface area contributed by atoms with Gasteiger partial charge in [0.2, 0.25) is 0 Å². The molecule has 25 heavy (non-hydrogen) atoms. The Morgan fingerprint density at radius 1 is 1.20 bits per heavy atom. The third-order valence-electron chi connectivity index (χ3n) is 3.95. The Hall–Kier alpha value is -2.66. The van der Waals surface area contributed by atoms with Gasteiger partial charge in [-0.15, -0.1) is 0 Å². The number of pyridine rings is 1. The number of para-hydroxylation sites is 1. The van der Waals surface area contributed by atoms with E-state index in [0.29, 0.717) is 32.7 Å². The minimum atomic E-state index is -0.177. The highest BCUT2D eigenvalue weighted by molar-refractivity contribution is 5.78. The lowest BCUT2D eigenvalue weighted by atomic mass is 10.1. The number of furan rings is 1. The summed E-state index contributed by atoms with van der Waals surface area (Å²) in [5.41, 5.74) is 2.09. The lowest BCUT2D eigenvalue weighted by Crippen LogP contribution is -2.26. The lowest BCUT2D eigenvalue weighted by Gasteiger charge is -2.21. The predicted molar refractivity (Wildman–Crippen MR) is 95.8 cm³/mol. The third-order valence-corrected chi connectivity index (χ3v) is 3.95. The maximum absolute atomic E-state index is 11.7. The minimum absolute atomic E-state index is 0.177. The zero-order chi connectivity index (χ0) is 17.5. The van der Waals surface area contributed by atoms with Gasteiger partial charge in [0.15, 0.2) is 0 Å². The molecule has 5 nitrogen and oxygen atoms in total. The number of benzene rings is 1. The molecule has 0 bridgehead atoms. The predicted octanol–water partition coefficient (Wildman–Crippen LogP) is 3.78. The molecule has 0 saturated carbocycles. The van der Waals surface area contributed by atoms with Gasteiger partial charge >= 0.3 is 5.97 Å². The number of fused-ring (bicyclic) bond motifs is 1. The van der Waals surface area contributed by atoms with Crippen LogP contribution in [0.5, 0.6) is 0 Å². The van der Waals surface area contributed by atoms with Crippen LogP contribution in [0.2, 0.25) is 0 Å². The van der Waals surface area contributed by atoms with Gasteiger partial charge < -0.3 is 9.15 Å². The molecule has 0 unspecified atom stereocenters. The smallest absolute Gasteiger partial charge is 0.307 e. The SMILES string of the molecule is CCOC(=O)CCN(Cc1cnc2ccccc2c1)Cc1ccco1. The number of carbonyl (C=O) groups is 1. The number of esters is 1. The summed E-state index contributed by atoms with van der Waals surface area (Å²) < 4.78 is 10.5. The average Bonchev–Trinajstić information content (AvgIpc) is 3.13. The minimum Gasteiger partial charge on any atom is -0.468 e. The molecule has 0 fully saturated rings. The van der Waals surface area contributed by atoms with Crippen LogP contribution in [0.3, 0.4) is 0 Å². The quantitative estimate of drug-likeness (QED) is 0.585. The van der Waals surface area contributed by atoms with Gasteiger partial charge in [-0.3, -0.25) is 14.7 Å². The van der Waals surface area contributed by atoms with Crippen LogP contribution in [0.1, 0.15) is 24.7 Å². The van der Waals surface area contributed by atoms with Crippen molar-refractivity contribution >= 4 is 16.9 Å². The van der Waals surface area contributed by atoms with E-state index in [1.54, 1.807) is 6.26 Å². The van der Waals surface area contributed by atoms with Crippen LogP contribution in [0.15, 0.2) is 59.3 Å². The van der Waals surface area contributed by atoms with Gasteiger partial charge in [-0.05, 0) is 36.8 Å². The summed E-state index contributed by atoms with van der Waals surface area (Å²) in [4.78, 5) is 18.4. The highest BCUT2D eigenvalue weighted by Gasteiger charge is 2.12. The molecule has 0 N–H and O–H groups in total. The molecule has 2 heterocycles. The van der Waals surface area contributed by atoms with Crippen molar-refractivity contribution in [3.63, 3.8) is 0 Å². The van der Waals surface area contributed by atoms with E-state index in [4.69, 9.17) is 9.15 Å². The van der Waals surface area contributed by atoms with Crippen molar-refractivity contribution in [2.45, 2.75) is 26.4 Å². The standard InChI is InChI=1S/C20H22N2O3/c1-2-24-20(23)9-10-22(15-18-7-5-11-25-18)14-16-12-17-6-3-4-8-19(17)21-13-16/h3-8,11-13H,2,9-10,14-15H2,1H3. The molecule has 0 saturated heterocycles. The molecule has 3 aromatic rings. The first kappa shape index (κ1) is 17.2. The maximum Gasteiger partial charge on any atom is 0.307 e. The third kappa shape index (κ3) is 4.90. The Morgan fingerprint density at radius 3 is 2.88 bits per heavy atom. The summed E-state index contributed by atoms with van der Waals surface area (Å²) in [6.45, 7) is 4.16. The van der Waals surface area contributed by atoms with E-state index in [1.807, 2.05) is 43.5 Å². The molecule has 0 aliphatic carbocycles. The second-order valence-corrected chi connectivity index (χ2v) is 5.88. The average molecular weight is 338 g/mol. The number of nitrogens with zero attached hydrogens (tertiary/aromatic N) is 2. The van der Waals surface area contributed by atoms with Crippen molar-refractivity contribution in [2.24, 2.45) is 0 Å². The van der Waals surface area contributed by atoms with E-state index in [9.17, 15) is 4.79 Å². The van der Waals surface area contributed by atoms with Gasteiger partial charge in [-0.2, -0.15) is 0 Å². The summed E-state index contributed by atoms with van der Waals surface area (Å²) in [5, 5.41) is 1.11. The topological polar surface area (TPSA) is 55.6 Å². The molecule has 0 atom stereocenters. The van der Waals surface area contributed by atoms with Gasteiger partial charge in [-0.1, -0.05) is 18.2 Å². The summed E-state index contributed by atoms with van der Waals surface area (Å²) in [6, 6.07) is 14.0. The molecule has 0 amide bonds. The van der Waals surface area contributed by atoms with E-state index in [2.05, 4.69) is 22.0 Å².